The quantitative estimate of drug-likeness (QED) is 0.897. The van der Waals surface area contributed by atoms with Crippen molar-refractivity contribution in [1.82, 2.24) is 15.1 Å². The molecule has 136 valence electrons. The Hall–Kier alpha value is -2.43. The monoisotopic (exact) mass is 353 g/mol. The first-order valence-corrected chi connectivity index (χ1v) is 9.26. The molecule has 0 radical (unpaired) electrons. The van der Waals surface area contributed by atoms with Gasteiger partial charge in [0, 0.05) is 11.1 Å². The molecule has 0 spiro atoms. The normalized spacial score (nSPS) is 21.2. The molecule has 5 heteroatoms. The number of halogens is 1. The predicted molar refractivity (Wildman–Crippen MR) is 98.4 cm³/mol. The number of aromatic nitrogens is 2. The Labute approximate surface area is 153 Å². The molecular weight excluding hydrogens is 329 g/mol. The van der Waals surface area contributed by atoms with E-state index in [1.807, 2.05) is 23.0 Å². The van der Waals surface area contributed by atoms with Crippen molar-refractivity contribution in [2.24, 2.45) is 5.41 Å². The third-order valence-corrected chi connectivity index (χ3v) is 5.37. The summed E-state index contributed by atoms with van der Waals surface area (Å²) in [6.45, 7) is 4.40. The van der Waals surface area contributed by atoms with Gasteiger partial charge in [0.05, 0.1) is 23.6 Å². The third-order valence-electron chi connectivity index (χ3n) is 5.37. The summed E-state index contributed by atoms with van der Waals surface area (Å²) >= 11 is 0. The van der Waals surface area contributed by atoms with Crippen LogP contribution in [0.3, 0.4) is 0 Å². The fraction of sp³-hybridized carbons (Fsp3) is 0.429. The molecule has 4 rings (SSSR count). The van der Waals surface area contributed by atoms with Crippen LogP contribution in [0.1, 0.15) is 56.8 Å². The number of allylic oxidation sites excluding steroid dienone is 1. The number of nitrogens with zero attached hydrogens (tertiary/aromatic N) is 2. The van der Waals surface area contributed by atoms with Crippen LogP contribution in [0.4, 0.5) is 4.39 Å². The van der Waals surface area contributed by atoms with Gasteiger partial charge in [-0.15, -0.1) is 0 Å². The molecule has 1 aromatic carbocycles. The molecule has 4 nitrogen and oxygen atoms in total. The molecule has 2 aliphatic rings. The molecular formula is C21H24FN3O. The van der Waals surface area contributed by atoms with Crippen LogP contribution in [0, 0.1) is 11.2 Å². The van der Waals surface area contributed by atoms with Gasteiger partial charge in [0.2, 0.25) is 5.91 Å². The summed E-state index contributed by atoms with van der Waals surface area (Å²) in [4.78, 5) is 12.6. The lowest BCUT2D eigenvalue weighted by Gasteiger charge is -2.36. The maximum atomic E-state index is 13.7. The zero-order chi connectivity index (χ0) is 18.3. The number of amides is 1. The molecule has 1 aromatic heterocycles. The molecule has 1 atom stereocenters. The molecule has 0 aliphatic heterocycles. The van der Waals surface area contributed by atoms with E-state index in [0.29, 0.717) is 5.69 Å². The first kappa shape index (κ1) is 17.0. The van der Waals surface area contributed by atoms with Gasteiger partial charge in [0.25, 0.3) is 0 Å². The SMILES string of the molecule is CC1(C)Cc2c(cnn2-c2cccc(F)c2)C(NC(=O)C2=CCCC2)C1. The van der Waals surface area contributed by atoms with E-state index in [0.717, 1.165) is 48.9 Å². The molecule has 0 fully saturated rings. The van der Waals surface area contributed by atoms with Crippen molar-refractivity contribution in [3.05, 3.63) is 59.2 Å². The van der Waals surface area contributed by atoms with Crippen molar-refractivity contribution in [2.75, 3.05) is 0 Å². The Balaban J connectivity index is 1.68. The van der Waals surface area contributed by atoms with E-state index >= 15 is 0 Å². The van der Waals surface area contributed by atoms with Gasteiger partial charge >= 0.3 is 0 Å². The Bertz CT molecular complexity index is 881. The smallest absolute Gasteiger partial charge is 0.247 e. The fourth-order valence-corrected chi connectivity index (χ4v) is 4.13. The lowest BCUT2D eigenvalue weighted by molar-refractivity contribution is -0.118. The standard InChI is InChI=1S/C21H24FN3O/c1-21(2)11-18(24-20(26)14-6-3-4-7-14)17-13-23-25(19(17)12-21)16-9-5-8-15(22)10-16/h5-6,8-10,13,18H,3-4,7,11-12H2,1-2H3,(H,24,26). The van der Waals surface area contributed by atoms with Crippen LogP contribution in [0.5, 0.6) is 0 Å². The number of carbonyl (C=O) groups excluding carboxylic acids is 1. The van der Waals surface area contributed by atoms with Crippen LogP contribution < -0.4 is 5.32 Å². The van der Waals surface area contributed by atoms with Gasteiger partial charge in [0.1, 0.15) is 5.82 Å². The summed E-state index contributed by atoms with van der Waals surface area (Å²) in [5, 5.41) is 7.73. The summed E-state index contributed by atoms with van der Waals surface area (Å²) in [5.74, 6) is -0.241. The zero-order valence-electron chi connectivity index (χ0n) is 15.3. The summed E-state index contributed by atoms with van der Waals surface area (Å²) in [5.41, 5.74) is 3.73. The minimum atomic E-state index is -0.278. The molecule has 0 saturated heterocycles. The number of benzene rings is 1. The van der Waals surface area contributed by atoms with E-state index < -0.39 is 0 Å². The third kappa shape index (κ3) is 3.18. The minimum absolute atomic E-state index is 0.0279. The molecule has 26 heavy (non-hydrogen) atoms. The fourth-order valence-electron chi connectivity index (χ4n) is 4.13. The number of carbonyl (C=O) groups is 1. The molecule has 1 amide bonds. The number of hydrogen-bond acceptors (Lipinski definition) is 2. The van der Waals surface area contributed by atoms with Gasteiger partial charge in [-0.05, 0) is 55.7 Å². The molecule has 1 heterocycles. The number of fused-ring (bicyclic) bond motifs is 1. The molecule has 1 unspecified atom stereocenters. The second-order valence-corrected chi connectivity index (χ2v) is 8.13. The minimum Gasteiger partial charge on any atom is -0.345 e. The molecule has 0 saturated carbocycles. The van der Waals surface area contributed by atoms with E-state index in [4.69, 9.17) is 0 Å². The van der Waals surface area contributed by atoms with E-state index in [1.165, 1.54) is 12.1 Å². The first-order valence-electron chi connectivity index (χ1n) is 9.26. The van der Waals surface area contributed by atoms with Crippen molar-refractivity contribution in [3.63, 3.8) is 0 Å². The van der Waals surface area contributed by atoms with Crippen LogP contribution in [0.2, 0.25) is 0 Å². The van der Waals surface area contributed by atoms with Gasteiger partial charge in [0.15, 0.2) is 0 Å². The largest absolute Gasteiger partial charge is 0.345 e. The second kappa shape index (κ2) is 6.38. The van der Waals surface area contributed by atoms with Gasteiger partial charge in [-0.25, -0.2) is 9.07 Å². The summed E-state index contributed by atoms with van der Waals surface area (Å²) in [7, 11) is 0. The summed E-state index contributed by atoms with van der Waals surface area (Å²) in [6.07, 6.45) is 8.48. The highest BCUT2D eigenvalue weighted by Gasteiger charge is 2.36. The maximum Gasteiger partial charge on any atom is 0.247 e. The average Bonchev–Trinajstić information content (AvgIpc) is 3.23. The van der Waals surface area contributed by atoms with Gasteiger partial charge < -0.3 is 5.32 Å². The summed E-state index contributed by atoms with van der Waals surface area (Å²) in [6, 6.07) is 6.41. The second-order valence-electron chi connectivity index (χ2n) is 8.13. The Kier molecular flexibility index (Phi) is 4.17. The van der Waals surface area contributed by atoms with E-state index in [9.17, 15) is 9.18 Å². The van der Waals surface area contributed by atoms with E-state index in [2.05, 4.69) is 24.3 Å². The average molecular weight is 353 g/mol. The molecule has 2 aliphatic carbocycles. The van der Waals surface area contributed by atoms with Crippen LogP contribution in [0.25, 0.3) is 5.69 Å². The van der Waals surface area contributed by atoms with Crippen molar-refractivity contribution in [1.29, 1.82) is 0 Å². The zero-order valence-corrected chi connectivity index (χ0v) is 15.3. The summed E-state index contributed by atoms with van der Waals surface area (Å²) < 4.78 is 15.5. The number of rotatable bonds is 3. The molecule has 2 aromatic rings. The van der Waals surface area contributed by atoms with Crippen molar-refractivity contribution < 1.29 is 9.18 Å². The Morgan fingerprint density at radius 3 is 2.96 bits per heavy atom. The Morgan fingerprint density at radius 1 is 1.38 bits per heavy atom. The van der Waals surface area contributed by atoms with E-state index in [1.54, 1.807) is 6.07 Å². The Morgan fingerprint density at radius 2 is 2.23 bits per heavy atom. The number of hydrogen-bond donors (Lipinski definition) is 1. The molecule has 0 bridgehead atoms. The van der Waals surface area contributed by atoms with Gasteiger partial charge in [-0.3, -0.25) is 4.79 Å². The predicted octanol–water partition coefficient (Wildman–Crippen LogP) is 4.25. The van der Waals surface area contributed by atoms with Crippen molar-refractivity contribution >= 4 is 5.91 Å². The highest BCUT2D eigenvalue weighted by Crippen LogP contribution is 2.41. The van der Waals surface area contributed by atoms with Gasteiger partial charge in [-0.1, -0.05) is 26.0 Å². The highest BCUT2D eigenvalue weighted by molar-refractivity contribution is 5.94. The molecule has 1 N–H and O–H groups in total. The van der Waals surface area contributed by atoms with Crippen LogP contribution in [-0.4, -0.2) is 15.7 Å². The highest BCUT2D eigenvalue weighted by atomic mass is 19.1. The van der Waals surface area contributed by atoms with Gasteiger partial charge in [-0.2, -0.15) is 5.10 Å². The van der Waals surface area contributed by atoms with Crippen molar-refractivity contribution in [3.8, 4) is 5.69 Å². The first-order chi connectivity index (χ1) is 12.4. The maximum absolute atomic E-state index is 13.7. The topological polar surface area (TPSA) is 46.9 Å². The number of nitrogens with one attached hydrogen (secondary N) is 1. The lowest BCUT2D eigenvalue weighted by Crippen LogP contribution is -2.37. The van der Waals surface area contributed by atoms with Crippen LogP contribution >= 0.6 is 0 Å². The van der Waals surface area contributed by atoms with Crippen LogP contribution in [0.15, 0.2) is 42.1 Å². The lowest BCUT2D eigenvalue weighted by atomic mass is 9.74. The van der Waals surface area contributed by atoms with E-state index in [-0.39, 0.29) is 23.2 Å². The van der Waals surface area contributed by atoms with Crippen LogP contribution in [-0.2, 0) is 11.2 Å². The van der Waals surface area contributed by atoms with Crippen molar-refractivity contribution in [2.45, 2.75) is 52.0 Å².